The monoisotopic (exact) mass is 286 g/mol. The molecule has 1 aromatic carbocycles. The summed E-state index contributed by atoms with van der Waals surface area (Å²) >= 11 is 6.19. The number of rotatable bonds is 5. The van der Waals surface area contributed by atoms with Crippen LogP contribution in [-0.2, 0) is 0 Å². The Morgan fingerprint density at radius 3 is 2.60 bits per heavy atom. The minimum Gasteiger partial charge on any atom is -0.396 e. The first-order valence-corrected chi connectivity index (χ1v) is 6.80. The van der Waals surface area contributed by atoms with Crippen LogP contribution in [0.3, 0.4) is 0 Å². The largest absolute Gasteiger partial charge is 0.396 e. The number of nitriles is 1. The third-order valence-corrected chi connectivity index (χ3v) is 3.66. The Labute approximate surface area is 123 Å². The van der Waals surface area contributed by atoms with E-state index in [1.54, 1.807) is 12.4 Å². The van der Waals surface area contributed by atoms with E-state index in [-0.39, 0.29) is 18.4 Å². The molecule has 0 radical (unpaired) electrons. The van der Waals surface area contributed by atoms with Crippen LogP contribution in [0.2, 0.25) is 5.02 Å². The van der Waals surface area contributed by atoms with Crippen molar-refractivity contribution < 1.29 is 5.11 Å². The summed E-state index contributed by atoms with van der Waals surface area (Å²) in [7, 11) is 0. The minimum atomic E-state index is -0.344. The maximum Gasteiger partial charge on any atom is 0.0782 e. The van der Waals surface area contributed by atoms with Crippen LogP contribution in [0.25, 0.3) is 0 Å². The van der Waals surface area contributed by atoms with Gasteiger partial charge >= 0.3 is 0 Å². The van der Waals surface area contributed by atoms with Gasteiger partial charge in [0.1, 0.15) is 0 Å². The second-order valence-electron chi connectivity index (χ2n) is 4.53. The maximum atomic E-state index is 9.54. The molecule has 1 N–H and O–H groups in total. The Kier molecular flexibility index (Phi) is 5.11. The van der Waals surface area contributed by atoms with Crippen molar-refractivity contribution in [2.75, 3.05) is 6.61 Å². The smallest absolute Gasteiger partial charge is 0.0782 e. The van der Waals surface area contributed by atoms with Crippen molar-refractivity contribution >= 4 is 11.6 Å². The zero-order valence-electron chi connectivity index (χ0n) is 10.9. The van der Waals surface area contributed by atoms with Gasteiger partial charge in [0.05, 0.1) is 17.0 Å². The number of pyridine rings is 1. The van der Waals surface area contributed by atoms with E-state index >= 15 is 0 Å². The lowest BCUT2D eigenvalue weighted by molar-refractivity contribution is 0.272. The molecule has 0 aliphatic heterocycles. The van der Waals surface area contributed by atoms with Gasteiger partial charge in [0.25, 0.3) is 0 Å². The number of hydrogen-bond donors (Lipinski definition) is 1. The summed E-state index contributed by atoms with van der Waals surface area (Å²) in [5.74, 6) is -0.494. The minimum absolute atomic E-state index is 0.00827. The van der Waals surface area contributed by atoms with Crippen LogP contribution < -0.4 is 0 Å². The van der Waals surface area contributed by atoms with Gasteiger partial charge in [-0.05, 0) is 23.6 Å². The molecule has 3 nitrogen and oxygen atoms in total. The van der Waals surface area contributed by atoms with E-state index in [1.165, 1.54) is 0 Å². The summed E-state index contributed by atoms with van der Waals surface area (Å²) in [6.07, 6.45) is 3.71. The summed E-state index contributed by atoms with van der Waals surface area (Å²) in [5.41, 5.74) is 1.78. The molecule has 20 heavy (non-hydrogen) atoms. The highest BCUT2D eigenvalue weighted by molar-refractivity contribution is 6.31. The zero-order valence-corrected chi connectivity index (χ0v) is 11.7. The number of aromatic nitrogens is 1. The first-order valence-electron chi connectivity index (χ1n) is 6.42. The molecule has 0 amide bonds. The fraction of sp³-hybridized carbons (Fsp3) is 0.250. The summed E-state index contributed by atoms with van der Waals surface area (Å²) in [5, 5.41) is 19.4. The Bertz CT molecular complexity index is 595. The summed E-state index contributed by atoms with van der Waals surface area (Å²) < 4.78 is 0. The van der Waals surface area contributed by atoms with Gasteiger partial charge in [0.15, 0.2) is 0 Å². The quantitative estimate of drug-likeness (QED) is 0.915. The van der Waals surface area contributed by atoms with E-state index in [0.29, 0.717) is 11.4 Å². The molecular formula is C16H15ClN2O. The Balaban J connectivity index is 2.42. The van der Waals surface area contributed by atoms with Crippen LogP contribution in [0, 0.1) is 11.3 Å². The Morgan fingerprint density at radius 2 is 2.00 bits per heavy atom. The number of benzene rings is 1. The third-order valence-electron chi connectivity index (χ3n) is 3.34. The molecule has 1 aromatic heterocycles. The van der Waals surface area contributed by atoms with Crippen molar-refractivity contribution in [1.82, 2.24) is 4.98 Å². The lowest BCUT2D eigenvalue weighted by Gasteiger charge is -2.23. The van der Waals surface area contributed by atoms with Gasteiger partial charge in [-0.15, -0.1) is 0 Å². The van der Waals surface area contributed by atoms with E-state index in [4.69, 9.17) is 11.6 Å². The number of hydrogen-bond acceptors (Lipinski definition) is 3. The van der Waals surface area contributed by atoms with Crippen molar-refractivity contribution in [3.8, 4) is 6.07 Å². The standard InChI is InChI=1S/C16H15ClN2O/c17-16-11-19-8-6-14(16)13(7-9-20)15(10-18)12-4-2-1-3-5-12/h1-6,8,11,13,15,20H,7,9H2/t13-,15-/m0/s1. The lowest BCUT2D eigenvalue weighted by Crippen LogP contribution is -2.12. The van der Waals surface area contributed by atoms with Crippen molar-refractivity contribution in [2.45, 2.75) is 18.3 Å². The molecule has 1 heterocycles. The average Bonchev–Trinajstić information content (AvgIpc) is 2.49. The highest BCUT2D eigenvalue weighted by Gasteiger charge is 2.26. The SMILES string of the molecule is N#C[C@@H](c1ccccc1)[C@@H](CCO)c1ccncc1Cl. The number of nitrogens with zero attached hydrogens (tertiary/aromatic N) is 2. The zero-order chi connectivity index (χ0) is 14.4. The summed E-state index contributed by atoms with van der Waals surface area (Å²) in [4.78, 5) is 3.97. The third kappa shape index (κ3) is 3.16. The van der Waals surface area contributed by atoms with Crippen LogP contribution in [0.5, 0.6) is 0 Å². The molecule has 4 heteroatoms. The molecule has 2 atom stereocenters. The predicted molar refractivity (Wildman–Crippen MR) is 78.5 cm³/mol. The molecular weight excluding hydrogens is 272 g/mol. The second-order valence-corrected chi connectivity index (χ2v) is 4.94. The van der Waals surface area contributed by atoms with Gasteiger partial charge < -0.3 is 5.11 Å². The second kappa shape index (κ2) is 7.04. The van der Waals surface area contributed by atoms with Crippen LogP contribution in [0.1, 0.15) is 29.4 Å². The Hall–Kier alpha value is -1.89. The first kappa shape index (κ1) is 14.5. The molecule has 0 saturated heterocycles. The molecule has 0 spiro atoms. The van der Waals surface area contributed by atoms with Crippen LogP contribution in [0.15, 0.2) is 48.8 Å². The molecule has 0 unspecified atom stereocenters. The topological polar surface area (TPSA) is 56.9 Å². The van der Waals surface area contributed by atoms with Crippen molar-refractivity contribution in [1.29, 1.82) is 5.26 Å². The molecule has 0 fully saturated rings. The highest BCUT2D eigenvalue weighted by Crippen LogP contribution is 2.37. The van der Waals surface area contributed by atoms with Gasteiger partial charge in [-0.2, -0.15) is 5.26 Å². The molecule has 0 aliphatic rings. The number of aliphatic hydroxyl groups excluding tert-OH is 1. The van der Waals surface area contributed by atoms with Crippen LogP contribution in [0.4, 0.5) is 0 Å². The van der Waals surface area contributed by atoms with Crippen LogP contribution in [-0.4, -0.2) is 16.7 Å². The molecule has 102 valence electrons. The van der Waals surface area contributed by atoms with E-state index in [1.807, 2.05) is 36.4 Å². The molecule has 2 rings (SSSR count). The first-order chi connectivity index (χ1) is 9.77. The average molecular weight is 287 g/mol. The van der Waals surface area contributed by atoms with Crippen molar-refractivity contribution in [3.05, 3.63) is 64.9 Å². The molecule has 0 bridgehead atoms. The van der Waals surface area contributed by atoms with Crippen molar-refractivity contribution in [2.24, 2.45) is 0 Å². The predicted octanol–water partition coefficient (Wildman–Crippen LogP) is 3.51. The Morgan fingerprint density at radius 1 is 1.25 bits per heavy atom. The maximum absolute atomic E-state index is 9.54. The van der Waals surface area contributed by atoms with E-state index in [9.17, 15) is 10.4 Å². The fourth-order valence-electron chi connectivity index (χ4n) is 2.38. The normalized spacial score (nSPS) is 13.4. The van der Waals surface area contributed by atoms with Crippen molar-refractivity contribution in [3.63, 3.8) is 0 Å². The van der Waals surface area contributed by atoms with Gasteiger partial charge in [0, 0.05) is 24.9 Å². The van der Waals surface area contributed by atoms with Gasteiger partial charge in [-0.3, -0.25) is 4.98 Å². The van der Waals surface area contributed by atoms with E-state index in [0.717, 1.165) is 11.1 Å². The lowest BCUT2D eigenvalue weighted by atomic mass is 9.81. The summed E-state index contributed by atoms with van der Waals surface area (Å²) in [6.45, 7) is 0.00827. The van der Waals surface area contributed by atoms with Gasteiger partial charge in [-0.1, -0.05) is 41.9 Å². The number of halogens is 1. The molecule has 2 aromatic rings. The highest BCUT2D eigenvalue weighted by atomic mass is 35.5. The summed E-state index contributed by atoms with van der Waals surface area (Å²) in [6, 6.07) is 13.7. The molecule has 0 saturated carbocycles. The van der Waals surface area contributed by atoms with Gasteiger partial charge in [0.2, 0.25) is 0 Å². The molecule has 0 aliphatic carbocycles. The number of aliphatic hydroxyl groups is 1. The van der Waals surface area contributed by atoms with E-state index in [2.05, 4.69) is 11.1 Å². The fourth-order valence-corrected chi connectivity index (χ4v) is 2.64. The van der Waals surface area contributed by atoms with Crippen LogP contribution >= 0.6 is 11.6 Å². The van der Waals surface area contributed by atoms with E-state index < -0.39 is 0 Å². The van der Waals surface area contributed by atoms with Gasteiger partial charge in [-0.25, -0.2) is 0 Å².